The van der Waals surface area contributed by atoms with Crippen molar-refractivity contribution in [2.45, 2.75) is 43.9 Å². The number of carbonyl (C=O) groups is 1. The van der Waals surface area contributed by atoms with Crippen molar-refractivity contribution in [2.24, 2.45) is 5.92 Å². The summed E-state index contributed by atoms with van der Waals surface area (Å²) < 4.78 is 0.536. The third kappa shape index (κ3) is 2.23. The summed E-state index contributed by atoms with van der Waals surface area (Å²) >= 11 is 2.01. The van der Waals surface area contributed by atoms with Crippen molar-refractivity contribution in [1.29, 1.82) is 0 Å². The zero-order valence-electron chi connectivity index (χ0n) is 9.95. The maximum absolute atomic E-state index is 11.6. The topological polar surface area (TPSA) is 20.3 Å². The van der Waals surface area contributed by atoms with E-state index in [1.165, 1.54) is 19.4 Å². The van der Waals surface area contributed by atoms with Crippen LogP contribution in [0.2, 0.25) is 0 Å². The van der Waals surface area contributed by atoms with Gasteiger partial charge in [-0.1, -0.05) is 6.92 Å². The van der Waals surface area contributed by atoms with Crippen LogP contribution in [0.1, 0.15) is 33.1 Å². The van der Waals surface area contributed by atoms with Gasteiger partial charge in [-0.2, -0.15) is 11.8 Å². The molecule has 0 aromatic rings. The molecular weight excluding hydrogens is 206 g/mol. The molecule has 1 heterocycles. The summed E-state index contributed by atoms with van der Waals surface area (Å²) in [6, 6.07) is 0.441. The van der Waals surface area contributed by atoms with Gasteiger partial charge in [0.25, 0.3) is 0 Å². The van der Waals surface area contributed by atoms with Crippen LogP contribution in [0.3, 0.4) is 0 Å². The first-order valence-corrected chi connectivity index (χ1v) is 7.12. The minimum Gasteiger partial charge on any atom is -0.299 e. The first-order chi connectivity index (χ1) is 7.08. The Hall–Kier alpha value is -0.0200. The van der Waals surface area contributed by atoms with E-state index in [2.05, 4.69) is 25.0 Å². The van der Waals surface area contributed by atoms with Gasteiger partial charge in [-0.15, -0.1) is 0 Å². The van der Waals surface area contributed by atoms with Gasteiger partial charge >= 0.3 is 0 Å². The molecule has 0 amide bonds. The van der Waals surface area contributed by atoms with Crippen LogP contribution in [-0.4, -0.2) is 40.8 Å². The summed E-state index contributed by atoms with van der Waals surface area (Å²) in [6.07, 6.45) is 5.70. The lowest BCUT2D eigenvalue weighted by atomic mass is 9.90. The Balaban J connectivity index is 1.95. The van der Waals surface area contributed by atoms with Crippen molar-refractivity contribution in [1.82, 2.24) is 4.90 Å². The molecule has 1 saturated carbocycles. The maximum atomic E-state index is 11.6. The van der Waals surface area contributed by atoms with Crippen LogP contribution >= 0.6 is 11.8 Å². The van der Waals surface area contributed by atoms with E-state index in [-0.39, 0.29) is 5.92 Å². The molecule has 15 heavy (non-hydrogen) atoms. The first kappa shape index (κ1) is 11.5. The van der Waals surface area contributed by atoms with Crippen molar-refractivity contribution < 1.29 is 4.79 Å². The van der Waals surface area contributed by atoms with Crippen LogP contribution in [-0.2, 0) is 4.79 Å². The first-order valence-electron chi connectivity index (χ1n) is 5.90. The second-order valence-corrected chi connectivity index (χ2v) is 6.38. The highest BCUT2D eigenvalue weighted by atomic mass is 32.2. The van der Waals surface area contributed by atoms with E-state index in [9.17, 15) is 4.79 Å². The summed E-state index contributed by atoms with van der Waals surface area (Å²) in [5.74, 6) is 0.684. The SMILES string of the molecule is CSC1(CN2CCC(=O)C(C)C2C)CC1. The molecule has 2 atom stereocenters. The maximum Gasteiger partial charge on any atom is 0.138 e. The Labute approximate surface area is 96.8 Å². The molecule has 2 rings (SSSR count). The monoisotopic (exact) mass is 227 g/mol. The van der Waals surface area contributed by atoms with Gasteiger partial charge in [-0.3, -0.25) is 9.69 Å². The average Bonchev–Trinajstić information content (AvgIpc) is 3.00. The molecule has 0 N–H and O–H groups in total. The summed E-state index contributed by atoms with van der Waals surface area (Å²) in [5.41, 5.74) is 0. The van der Waals surface area contributed by atoms with Crippen molar-refractivity contribution in [3.8, 4) is 0 Å². The smallest absolute Gasteiger partial charge is 0.138 e. The number of piperidine rings is 1. The highest BCUT2D eigenvalue weighted by Gasteiger charge is 2.45. The van der Waals surface area contributed by atoms with Crippen LogP contribution in [0.15, 0.2) is 0 Å². The van der Waals surface area contributed by atoms with E-state index in [0.717, 1.165) is 13.0 Å². The largest absolute Gasteiger partial charge is 0.299 e. The normalized spacial score (nSPS) is 35.5. The minimum atomic E-state index is 0.233. The zero-order chi connectivity index (χ0) is 11.1. The third-order valence-electron chi connectivity index (χ3n) is 4.18. The van der Waals surface area contributed by atoms with E-state index < -0.39 is 0 Å². The summed E-state index contributed by atoms with van der Waals surface area (Å²) in [5, 5.41) is 0. The van der Waals surface area contributed by atoms with E-state index in [1.54, 1.807) is 0 Å². The second-order valence-electron chi connectivity index (χ2n) is 5.10. The molecule has 0 aromatic heterocycles. The average molecular weight is 227 g/mol. The van der Waals surface area contributed by atoms with E-state index in [4.69, 9.17) is 0 Å². The number of likely N-dealkylation sites (tertiary alicyclic amines) is 1. The van der Waals surface area contributed by atoms with Gasteiger partial charge < -0.3 is 0 Å². The Morgan fingerprint density at radius 3 is 2.67 bits per heavy atom. The van der Waals surface area contributed by atoms with E-state index in [1.807, 2.05) is 11.8 Å². The van der Waals surface area contributed by atoms with Gasteiger partial charge in [0.2, 0.25) is 0 Å². The van der Waals surface area contributed by atoms with Crippen LogP contribution in [0.5, 0.6) is 0 Å². The molecule has 86 valence electrons. The lowest BCUT2D eigenvalue weighted by molar-refractivity contribution is -0.127. The second kappa shape index (κ2) is 4.10. The Morgan fingerprint density at radius 1 is 1.47 bits per heavy atom. The van der Waals surface area contributed by atoms with Gasteiger partial charge in [-0.05, 0) is 26.0 Å². The molecule has 2 unspecified atom stereocenters. The van der Waals surface area contributed by atoms with Crippen molar-refractivity contribution in [3.05, 3.63) is 0 Å². The standard InChI is InChI=1S/C12H21NOS/c1-9-10(2)13(7-4-11(9)14)8-12(15-3)5-6-12/h9-10H,4-8H2,1-3H3. The van der Waals surface area contributed by atoms with Gasteiger partial charge in [0.1, 0.15) is 5.78 Å². The minimum absolute atomic E-state index is 0.233. The molecule has 2 nitrogen and oxygen atoms in total. The fourth-order valence-electron chi connectivity index (χ4n) is 2.43. The van der Waals surface area contributed by atoms with Gasteiger partial charge in [0.15, 0.2) is 0 Å². The molecule has 1 aliphatic carbocycles. The molecule has 2 aliphatic rings. The van der Waals surface area contributed by atoms with Gasteiger partial charge in [-0.25, -0.2) is 0 Å². The van der Waals surface area contributed by atoms with E-state index in [0.29, 0.717) is 16.6 Å². The molecule has 0 spiro atoms. The molecule has 1 saturated heterocycles. The number of rotatable bonds is 3. The lowest BCUT2D eigenvalue weighted by Crippen LogP contribution is -2.49. The molecule has 2 fully saturated rings. The van der Waals surface area contributed by atoms with Crippen LogP contribution in [0, 0.1) is 5.92 Å². The summed E-state index contributed by atoms with van der Waals surface area (Å²) in [6.45, 7) is 6.45. The van der Waals surface area contributed by atoms with Gasteiger partial charge in [0.05, 0.1) is 0 Å². The van der Waals surface area contributed by atoms with Crippen molar-refractivity contribution in [3.63, 3.8) is 0 Å². The summed E-state index contributed by atoms with van der Waals surface area (Å²) in [7, 11) is 0. The molecule has 0 aromatic carbocycles. The number of hydrogen-bond acceptors (Lipinski definition) is 3. The number of Topliss-reactive ketones (excluding diaryl/α,β-unsaturated/α-hetero) is 1. The van der Waals surface area contributed by atoms with Crippen LogP contribution < -0.4 is 0 Å². The van der Waals surface area contributed by atoms with Crippen LogP contribution in [0.25, 0.3) is 0 Å². The summed E-state index contributed by atoms with van der Waals surface area (Å²) in [4.78, 5) is 14.1. The predicted octanol–water partition coefficient (Wildman–Crippen LogP) is 2.18. The highest BCUT2D eigenvalue weighted by molar-refractivity contribution is 8.00. The quantitative estimate of drug-likeness (QED) is 0.737. The van der Waals surface area contributed by atoms with Crippen molar-refractivity contribution >= 4 is 17.5 Å². The number of ketones is 1. The Morgan fingerprint density at radius 2 is 2.13 bits per heavy atom. The number of hydrogen-bond donors (Lipinski definition) is 0. The van der Waals surface area contributed by atoms with E-state index >= 15 is 0 Å². The van der Waals surface area contributed by atoms with Crippen LogP contribution in [0.4, 0.5) is 0 Å². The molecule has 0 radical (unpaired) electrons. The molecule has 1 aliphatic heterocycles. The Bertz CT molecular complexity index is 262. The zero-order valence-corrected chi connectivity index (χ0v) is 10.8. The number of carbonyl (C=O) groups excluding carboxylic acids is 1. The third-order valence-corrected chi connectivity index (χ3v) is 5.59. The fraction of sp³-hybridized carbons (Fsp3) is 0.917. The fourth-order valence-corrected chi connectivity index (χ4v) is 3.23. The number of nitrogens with zero attached hydrogens (tertiary/aromatic N) is 1. The number of thioether (sulfide) groups is 1. The highest BCUT2D eigenvalue weighted by Crippen LogP contribution is 2.48. The molecule has 3 heteroatoms. The molecular formula is C12H21NOS. The molecule has 0 bridgehead atoms. The van der Waals surface area contributed by atoms with Gasteiger partial charge in [0, 0.05) is 36.2 Å². The lowest BCUT2D eigenvalue weighted by Gasteiger charge is -2.38. The Kier molecular flexibility index (Phi) is 3.13. The van der Waals surface area contributed by atoms with Crippen molar-refractivity contribution in [2.75, 3.05) is 19.3 Å². The predicted molar refractivity (Wildman–Crippen MR) is 65.3 cm³/mol.